The third kappa shape index (κ3) is 3.58. The van der Waals surface area contributed by atoms with E-state index in [1.807, 2.05) is 66.7 Å². The Morgan fingerprint density at radius 3 is 1.63 bits per heavy atom. The first kappa shape index (κ1) is 25.0. The van der Waals surface area contributed by atoms with Gasteiger partial charge < -0.3 is 0 Å². The van der Waals surface area contributed by atoms with Gasteiger partial charge in [-0.15, -0.1) is 0 Å². The molecule has 0 radical (unpaired) electrons. The molecule has 0 aliphatic heterocycles. The van der Waals surface area contributed by atoms with Gasteiger partial charge in [-0.1, -0.05) is 115 Å². The number of para-hydroxylation sites is 3. The van der Waals surface area contributed by atoms with Gasteiger partial charge in [-0.3, -0.25) is 8.97 Å². The highest BCUT2D eigenvalue weighted by molar-refractivity contribution is 6.20. The molecule has 10 aromatic rings. The summed E-state index contributed by atoms with van der Waals surface area (Å²) in [6.45, 7) is 0. The van der Waals surface area contributed by atoms with Crippen molar-refractivity contribution in [3.63, 3.8) is 0 Å². The Morgan fingerprint density at radius 1 is 0.370 bits per heavy atom. The van der Waals surface area contributed by atoms with Crippen LogP contribution in [0.4, 0.5) is 0 Å². The van der Waals surface area contributed by atoms with Gasteiger partial charge in [-0.2, -0.15) is 9.97 Å². The Morgan fingerprint density at radius 2 is 0.913 bits per heavy atom. The molecule has 0 aliphatic carbocycles. The van der Waals surface area contributed by atoms with Crippen LogP contribution in [-0.2, 0) is 0 Å². The van der Waals surface area contributed by atoms with Gasteiger partial charge in [0.25, 0.3) is 0 Å². The van der Waals surface area contributed by atoms with Crippen molar-refractivity contribution in [2.24, 2.45) is 0 Å². The van der Waals surface area contributed by atoms with E-state index >= 15 is 0 Å². The summed E-state index contributed by atoms with van der Waals surface area (Å²) < 4.78 is 4.50. The second-order valence-corrected chi connectivity index (χ2v) is 11.6. The lowest BCUT2D eigenvalue weighted by Crippen LogP contribution is -2.06. The Hall–Kier alpha value is -6.40. The fourth-order valence-corrected chi connectivity index (χ4v) is 6.88. The van der Waals surface area contributed by atoms with Crippen molar-refractivity contribution in [1.82, 2.24) is 28.9 Å². The molecule has 0 saturated carbocycles. The lowest BCUT2D eigenvalue weighted by Gasteiger charge is -2.12. The third-order valence-electron chi connectivity index (χ3n) is 8.94. The van der Waals surface area contributed by atoms with E-state index in [9.17, 15) is 0 Å². The Balaban J connectivity index is 1.37. The van der Waals surface area contributed by atoms with Crippen molar-refractivity contribution >= 4 is 60.2 Å². The third-order valence-corrected chi connectivity index (χ3v) is 8.94. The quantitative estimate of drug-likeness (QED) is 0.193. The molecule has 0 unspecified atom stereocenters. The molecule has 10 rings (SSSR count). The molecule has 6 aromatic carbocycles. The predicted octanol–water partition coefficient (Wildman–Crippen LogP) is 9.41. The maximum Gasteiger partial charge on any atom is 0.238 e. The van der Waals surface area contributed by atoms with Crippen LogP contribution in [0.2, 0.25) is 0 Å². The van der Waals surface area contributed by atoms with Gasteiger partial charge >= 0.3 is 0 Å². The summed E-state index contributed by atoms with van der Waals surface area (Å²) in [4.78, 5) is 20.3. The van der Waals surface area contributed by atoms with Crippen molar-refractivity contribution in [2.45, 2.75) is 0 Å². The summed E-state index contributed by atoms with van der Waals surface area (Å²) in [5, 5.41) is 5.67. The van der Waals surface area contributed by atoms with Gasteiger partial charge in [0.1, 0.15) is 5.65 Å². The fourth-order valence-electron chi connectivity index (χ4n) is 6.88. The zero-order valence-electron chi connectivity index (χ0n) is 24.5. The summed E-state index contributed by atoms with van der Waals surface area (Å²) in [5.41, 5.74) is 8.10. The van der Waals surface area contributed by atoms with E-state index in [1.165, 1.54) is 0 Å². The summed E-state index contributed by atoms with van der Waals surface area (Å²) in [6, 6.07) is 50.3. The summed E-state index contributed by atoms with van der Waals surface area (Å²) >= 11 is 0. The molecule has 214 valence electrons. The summed E-state index contributed by atoms with van der Waals surface area (Å²) in [5.74, 6) is 1.85. The van der Waals surface area contributed by atoms with Crippen LogP contribution in [0.1, 0.15) is 0 Å². The minimum Gasteiger partial charge on any atom is -0.292 e. The topological polar surface area (TPSA) is 60.9 Å². The molecule has 6 nitrogen and oxygen atoms in total. The van der Waals surface area contributed by atoms with Gasteiger partial charge in [-0.05, 0) is 35.7 Å². The molecular weight excluding hydrogens is 564 g/mol. The van der Waals surface area contributed by atoms with Crippen LogP contribution in [0.5, 0.6) is 0 Å². The SMILES string of the molecule is c1ccc(-c2nc(-c3ccccc3)nc(-n3c4ccccc4c4cc5c(cc43)c3ccccc3c3nc4ccccc4n53)n2)cc1. The number of pyridine rings is 1. The smallest absolute Gasteiger partial charge is 0.238 e. The highest BCUT2D eigenvalue weighted by Crippen LogP contribution is 2.39. The van der Waals surface area contributed by atoms with E-state index in [-0.39, 0.29) is 0 Å². The van der Waals surface area contributed by atoms with E-state index in [4.69, 9.17) is 19.9 Å². The number of hydrogen-bond acceptors (Lipinski definition) is 4. The highest BCUT2D eigenvalue weighted by atomic mass is 15.2. The van der Waals surface area contributed by atoms with E-state index in [0.29, 0.717) is 17.6 Å². The average molecular weight is 589 g/mol. The molecular formula is C40H24N6. The van der Waals surface area contributed by atoms with Gasteiger partial charge in [0.2, 0.25) is 5.95 Å². The number of nitrogens with zero attached hydrogens (tertiary/aromatic N) is 6. The van der Waals surface area contributed by atoms with Crippen molar-refractivity contribution in [3.05, 3.63) is 146 Å². The van der Waals surface area contributed by atoms with E-state index in [2.05, 4.69) is 87.8 Å². The number of hydrogen-bond donors (Lipinski definition) is 0. The van der Waals surface area contributed by atoms with Crippen LogP contribution in [0, 0.1) is 0 Å². The number of fused-ring (bicyclic) bond motifs is 11. The molecule has 4 heterocycles. The van der Waals surface area contributed by atoms with Crippen LogP contribution in [0.25, 0.3) is 88.9 Å². The summed E-state index contributed by atoms with van der Waals surface area (Å²) in [7, 11) is 0. The van der Waals surface area contributed by atoms with Crippen LogP contribution in [-0.4, -0.2) is 28.9 Å². The first-order valence-electron chi connectivity index (χ1n) is 15.3. The van der Waals surface area contributed by atoms with Crippen molar-refractivity contribution < 1.29 is 0 Å². The molecule has 0 aliphatic rings. The van der Waals surface area contributed by atoms with Crippen molar-refractivity contribution in [1.29, 1.82) is 0 Å². The number of aromatic nitrogens is 6. The van der Waals surface area contributed by atoms with E-state index < -0.39 is 0 Å². The molecule has 0 spiro atoms. The monoisotopic (exact) mass is 588 g/mol. The van der Waals surface area contributed by atoms with Crippen LogP contribution < -0.4 is 0 Å². The Kier molecular flexibility index (Phi) is 5.19. The zero-order chi connectivity index (χ0) is 30.2. The van der Waals surface area contributed by atoms with Gasteiger partial charge in [0, 0.05) is 32.7 Å². The molecule has 0 N–H and O–H groups in total. The fraction of sp³-hybridized carbons (Fsp3) is 0. The Bertz CT molecular complexity index is 2740. The zero-order valence-corrected chi connectivity index (χ0v) is 24.5. The molecule has 0 saturated heterocycles. The van der Waals surface area contributed by atoms with Gasteiger partial charge in [-0.25, -0.2) is 9.97 Å². The normalized spacial score (nSPS) is 11.9. The average Bonchev–Trinajstić information content (AvgIpc) is 3.68. The minimum absolute atomic E-state index is 0.580. The van der Waals surface area contributed by atoms with Crippen LogP contribution in [0.3, 0.4) is 0 Å². The van der Waals surface area contributed by atoms with E-state index in [0.717, 1.165) is 71.3 Å². The van der Waals surface area contributed by atoms with Crippen molar-refractivity contribution in [3.8, 4) is 28.7 Å². The van der Waals surface area contributed by atoms with Crippen LogP contribution in [0.15, 0.2) is 146 Å². The minimum atomic E-state index is 0.580. The second-order valence-electron chi connectivity index (χ2n) is 11.6. The molecule has 6 heteroatoms. The standard InChI is InChI=1S/C40H24N6/c1-3-13-25(14-4-1)37-42-38(26-15-5-2-6-16-26)44-40(43-37)46-33-21-11-9-18-28(33)31-24-35-30(23-36(31)46)27-17-7-8-19-29(27)39-41-32-20-10-12-22-34(32)45(35)39/h1-24H. The lowest BCUT2D eigenvalue weighted by molar-refractivity contribution is 0.954. The largest absolute Gasteiger partial charge is 0.292 e. The maximum absolute atomic E-state index is 5.12. The molecule has 4 aromatic heterocycles. The van der Waals surface area contributed by atoms with Crippen LogP contribution >= 0.6 is 0 Å². The predicted molar refractivity (Wildman–Crippen MR) is 186 cm³/mol. The highest BCUT2D eigenvalue weighted by Gasteiger charge is 2.21. The summed E-state index contributed by atoms with van der Waals surface area (Å²) in [6.07, 6.45) is 0. The first-order valence-corrected chi connectivity index (χ1v) is 15.3. The second kappa shape index (κ2) is 9.55. The molecule has 0 bridgehead atoms. The van der Waals surface area contributed by atoms with Crippen molar-refractivity contribution in [2.75, 3.05) is 0 Å². The first-order chi connectivity index (χ1) is 22.8. The Labute approximate surface area is 262 Å². The molecule has 0 amide bonds. The van der Waals surface area contributed by atoms with Gasteiger partial charge in [0.15, 0.2) is 11.6 Å². The number of imidazole rings is 1. The molecule has 46 heavy (non-hydrogen) atoms. The number of rotatable bonds is 3. The van der Waals surface area contributed by atoms with E-state index in [1.54, 1.807) is 0 Å². The molecule has 0 fully saturated rings. The lowest BCUT2D eigenvalue weighted by atomic mass is 10.0. The number of benzene rings is 6. The maximum atomic E-state index is 5.12. The van der Waals surface area contributed by atoms with Gasteiger partial charge in [0.05, 0.1) is 27.6 Å². The molecule has 0 atom stereocenters.